The van der Waals surface area contributed by atoms with Gasteiger partial charge < -0.3 is 10.4 Å². The van der Waals surface area contributed by atoms with Gasteiger partial charge in [0.05, 0.1) is 0 Å². The molecule has 11 heavy (non-hydrogen) atoms. The van der Waals surface area contributed by atoms with Crippen molar-refractivity contribution < 1.29 is 9.50 Å². The van der Waals surface area contributed by atoms with Crippen LogP contribution in [0.25, 0.3) is 0 Å². The van der Waals surface area contributed by atoms with Crippen molar-refractivity contribution in [2.24, 2.45) is 5.73 Å². The van der Waals surface area contributed by atoms with Crippen molar-refractivity contribution in [1.29, 1.82) is 0 Å². The molecule has 0 amide bonds. The number of nitrogens with one attached hydrogen (secondary N) is 1. The molecule has 0 aliphatic carbocycles. The van der Waals surface area contributed by atoms with Crippen molar-refractivity contribution in [2.45, 2.75) is 13.3 Å². The largest absolute Gasteiger partial charge is 0.361 e. The second-order valence-electron chi connectivity index (χ2n) is 1.89. The van der Waals surface area contributed by atoms with E-state index in [9.17, 15) is 4.39 Å². The Kier molecular flexibility index (Phi) is 5.42. The number of allylic oxidation sites excluding steroid dienone is 3. The van der Waals surface area contributed by atoms with Crippen LogP contribution in [0.1, 0.15) is 6.92 Å². The Morgan fingerprint density at radius 3 is 2.82 bits per heavy atom. The normalized spacial score (nSPS) is 15.5. The van der Waals surface area contributed by atoms with E-state index in [0.717, 1.165) is 0 Å². The molecule has 0 aromatic heterocycles. The summed E-state index contributed by atoms with van der Waals surface area (Å²) in [6, 6.07) is 0. The van der Waals surface area contributed by atoms with Crippen LogP contribution in [0, 0.1) is 0 Å². The van der Waals surface area contributed by atoms with Gasteiger partial charge in [0.2, 0.25) is 0 Å². The molecular formula is C7H13FN2O. The molecule has 0 saturated carbocycles. The van der Waals surface area contributed by atoms with Gasteiger partial charge in [0.1, 0.15) is 6.67 Å². The van der Waals surface area contributed by atoms with Crippen molar-refractivity contribution in [3.05, 3.63) is 23.9 Å². The van der Waals surface area contributed by atoms with Gasteiger partial charge in [0, 0.05) is 5.70 Å². The van der Waals surface area contributed by atoms with E-state index in [2.05, 4.69) is 5.32 Å². The summed E-state index contributed by atoms with van der Waals surface area (Å²) < 4.78 is 11.6. The molecule has 0 aliphatic heterocycles. The van der Waals surface area contributed by atoms with Crippen LogP contribution >= 0.6 is 0 Å². The van der Waals surface area contributed by atoms with E-state index >= 15 is 0 Å². The molecule has 0 aromatic carbocycles. The Balaban J connectivity index is 3.88. The Labute approximate surface area is 65.4 Å². The summed E-state index contributed by atoms with van der Waals surface area (Å²) in [6.07, 6.45) is 3.41. The number of aliphatic hydroxyl groups is 1. The second kappa shape index (κ2) is 5.88. The Morgan fingerprint density at radius 2 is 2.45 bits per heavy atom. The summed E-state index contributed by atoms with van der Waals surface area (Å²) in [5.41, 5.74) is 5.61. The fraction of sp³-hybridized carbons (Fsp3) is 0.429. The number of hydrogen-bond donors (Lipinski definition) is 3. The SMILES string of the molecule is C/C=C(\C=C/CF)N[C@@H](N)O. The zero-order valence-corrected chi connectivity index (χ0v) is 6.42. The topological polar surface area (TPSA) is 58.3 Å². The lowest BCUT2D eigenvalue weighted by Gasteiger charge is -2.08. The van der Waals surface area contributed by atoms with Gasteiger partial charge in [-0.25, -0.2) is 4.39 Å². The third-order valence-electron chi connectivity index (χ3n) is 1.01. The number of rotatable bonds is 4. The fourth-order valence-electron chi connectivity index (χ4n) is 0.570. The summed E-state index contributed by atoms with van der Waals surface area (Å²) >= 11 is 0. The number of aliphatic hydroxyl groups excluding tert-OH is 1. The maximum absolute atomic E-state index is 11.6. The first-order chi connectivity index (χ1) is 5.20. The summed E-state index contributed by atoms with van der Waals surface area (Å²) in [4.78, 5) is 0. The van der Waals surface area contributed by atoms with Gasteiger partial charge in [0.15, 0.2) is 6.35 Å². The first-order valence-electron chi connectivity index (χ1n) is 3.29. The summed E-state index contributed by atoms with van der Waals surface area (Å²) in [6.45, 7) is 1.23. The first-order valence-corrected chi connectivity index (χ1v) is 3.29. The highest BCUT2D eigenvalue weighted by atomic mass is 19.1. The number of hydrogen-bond acceptors (Lipinski definition) is 3. The van der Waals surface area contributed by atoms with Crippen LogP contribution < -0.4 is 11.1 Å². The van der Waals surface area contributed by atoms with E-state index < -0.39 is 13.0 Å². The van der Waals surface area contributed by atoms with Gasteiger partial charge in [-0.15, -0.1) is 0 Å². The fourth-order valence-corrected chi connectivity index (χ4v) is 0.570. The highest BCUT2D eigenvalue weighted by Crippen LogP contribution is 1.91. The molecule has 0 saturated heterocycles. The molecule has 0 radical (unpaired) electrons. The monoisotopic (exact) mass is 160 g/mol. The van der Waals surface area contributed by atoms with E-state index in [1.807, 2.05) is 0 Å². The lowest BCUT2D eigenvalue weighted by molar-refractivity contribution is 0.158. The predicted octanol–water partition coefficient (Wildman–Crippen LogP) is 0.240. The standard InChI is InChI=1S/C7H13FN2O/c1-2-6(4-3-5-8)10-7(9)11/h2-4,7,10-11H,5,9H2,1H3/b4-3-,6-2+/t7-/m1/s1. The Hall–Kier alpha value is -0.870. The molecule has 4 heteroatoms. The molecule has 1 atom stereocenters. The average molecular weight is 160 g/mol. The molecule has 64 valence electrons. The van der Waals surface area contributed by atoms with Crippen molar-refractivity contribution in [1.82, 2.24) is 5.32 Å². The van der Waals surface area contributed by atoms with E-state index in [-0.39, 0.29) is 0 Å². The summed E-state index contributed by atoms with van der Waals surface area (Å²) in [5, 5.41) is 11.2. The van der Waals surface area contributed by atoms with Crippen LogP contribution in [0.2, 0.25) is 0 Å². The highest BCUT2D eigenvalue weighted by molar-refractivity contribution is 5.15. The van der Waals surface area contributed by atoms with Crippen molar-refractivity contribution >= 4 is 0 Å². The molecule has 0 unspecified atom stereocenters. The van der Waals surface area contributed by atoms with E-state index in [1.165, 1.54) is 12.2 Å². The van der Waals surface area contributed by atoms with Gasteiger partial charge in [0.25, 0.3) is 0 Å². The molecule has 4 N–H and O–H groups in total. The third kappa shape index (κ3) is 5.57. The van der Waals surface area contributed by atoms with Crippen LogP contribution in [-0.4, -0.2) is 18.1 Å². The zero-order valence-electron chi connectivity index (χ0n) is 6.42. The maximum atomic E-state index is 11.6. The van der Waals surface area contributed by atoms with Crippen LogP contribution in [0.5, 0.6) is 0 Å². The molecule has 0 spiro atoms. The molecule has 0 aliphatic rings. The summed E-state index contributed by atoms with van der Waals surface area (Å²) in [7, 11) is 0. The predicted molar refractivity (Wildman–Crippen MR) is 42.2 cm³/mol. The van der Waals surface area contributed by atoms with Gasteiger partial charge in [-0.3, -0.25) is 5.73 Å². The third-order valence-corrected chi connectivity index (χ3v) is 1.01. The van der Waals surface area contributed by atoms with Gasteiger partial charge in [-0.1, -0.05) is 12.2 Å². The maximum Gasteiger partial charge on any atom is 0.178 e. The van der Waals surface area contributed by atoms with E-state index in [1.54, 1.807) is 13.0 Å². The van der Waals surface area contributed by atoms with E-state index in [0.29, 0.717) is 5.70 Å². The number of nitrogens with two attached hydrogens (primary N) is 1. The number of halogens is 1. The average Bonchev–Trinajstić information content (AvgIpc) is 1.97. The minimum Gasteiger partial charge on any atom is -0.361 e. The minimum absolute atomic E-state index is 0.528. The Bertz CT molecular complexity index is 155. The lowest BCUT2D eigenvalue weighted by atomic mass is 10.3. The molecule has 0 aromatic rings. The highest BCUT2D eigenvalue weighted by Gasteiger charge is 1.93. The van der Waals surface area contributed by atoms with Crippen molar-refractivity contribution in [2.75, 3.05) is 6.67 Å². The van der Waals surface area contributed by atoms with Crippen molar-refractivity contribution in [3.8, 4) is 0 Å². The molecule has 3 nitrogen and oxygen atoms in total. The molecule has 0 bridgehead atoms. The van der Waals surface area contributed by atoms with Gasteiger partial charge in [-0.05, 0) is 13.0 Å². The smallest absolute Gasteiger partial charge is 0.178 e. The van der Waals surface area contributed by atoms with Gasteiger partial charge >= 0.3 is 0 Å². The number of alkyl halides is 1. The van der Waals surface area contributed by atoms with Gasteiger partial charge in [-0.2, -0.15) is 0 Å². The molecule has 0 rings (SSSR count). The molecule has 0 heterocycles. The van der Waals surface area contributed by atoms with Crippen LogP contribution in [-0.2, 0) is 0 Å². The van der Waals surface area contributed by atoms with Crippen LogP contribution in [0.3, 0.4) is 0 Å². The molecule has 0 fully saturated rings. The van der Waals surface area contributed by atoms with Crippen LogP contribution in [0.15, 0.2) is 23.9 Å². The van der Waals surface area contributed by atoms with Crippen LogP contribution in [0.4, 0.5) is 4.39 Å². The quantitative estimate of drug-likeness (QED) is 0.408. The second-order valence-corrected chi connectivity index (χ2v) is 1.89. The van der Waals surface area contributed by atoms with E-state index in [4.69, 9.17) is 10.8 Å². The lowest BCUT2D eigenvalue weighted by Crippen LogP contribution is -2.35. The summed E-state index contributed by atoms with van der Waals surface area (Å²) in [5.74, 6) is 0. The minimum atomic E-state index is -1.11. The Morgan fingerprint density at radius 1 is 1.82 bits per heavy atom. The zero-order chi connectivity index (χ0) is 8.69. The first kappa shape index (κ1) is 10.1. The van der Waals surface area contributed by atoms with Crippen molar-refractivity contribution in [3.63, 3.8) is 0 Å². The molecular weight excluding hydrogens is 147 g/mol.